The lowest BCUT2D eigenvalue weighted by molar-refractivity contribution is -0.142. The van der Waals surface area contributed by atoms with E-state index in [1.54, 1.807) is 35.1 Å². The zero-order valence-corrected chi connectivity index (χ0v) is 17.1. The smallest absolute Gasteiger partial charge is 0.248 e. The molecule has 0 bridgehead atoms. The SMILES string of the molecule is COCCN1C(=O)C2CCCN2c2c(c(C)nn2C)C1C(=O)NCc1ccco1. The molecule has 9 nitrogen and oxygen atoms in total. The highest BCUT2D eigenvalue weighted by Gasteiger charge is 2.46. The molecule has 2 aromatic heterocycles. The van der Waals surface area contributed by atoms with Gasteiger partial charge in [0, 0.05) is 32.8 Å². The van der Waals surface area contributed by atoms with Crippen LogP contribution in [0.25, 0.3) is 0 Å². The first-order valence-corrected chi connectivity index (χ1v) is 9.92. The Balaban J connectivity index is 1.75. The zero-order valence-electron chi connectivity index (χ0n) is 17.1. The maximum Gasteiger partial charge on any atom is 0.248 e. The van der Waals surface area contributed by atoms with Gasteiger partial charge in [0.05, 0.1) is 25.1 Å². The van der Waals surface area contributed by atoms with E-state index < -0.39 is 6.04 Å². The van der Waals surface area contributed by atoms with Crippen molar-refractivity contribution in [2.45, 2.75) is 38.4 Å². The number of fused-ring (bicyclic) bond motifs is 3. The molecule has 4 rings (SSSR count). The van der Waals surface area contributed by atoms with Crippen LogP contribution in [0.4, 0.5) is 5.82 Å². The number of furan rings is 1. The zero-order chi connectivity index (χ0) is 20.5. The molecule has 0 aliphatic carbocycles. The monoisotopic (exact) mass is 401 g/mol. The van der Waals surface area contributed by atoms with Gasteiger partial charge in [-0.15, -0.1) is 0 Å². The summed E-state index contributed by atoms with van der Waals surface area (Å²) in [4.78, 5) is 30.6. The Morgan fingerprint density at radius 2 is 2.28 bits per heavy atom. The fraction of sp³-hybridized carbons (Fsp3) is 0.550. The maximum atomic E-state index is 13.5. The molecule has 29 heavy (non-hydrogen) atoms. The van der Waals surface area contributed by atoms with Crippen LogP contribution in [0.5, 0.6) is 0 Å². The molecule has 2 atom stereocenters. The van der Waals surface area contributed by atoms with Crippen LogP contribution in [0.3, 0.4) is 0 Å². The summed E-state index contributed by atoms with van der Waals surface area (Å²) in [6, 6.07) is 2.54. The lowest BCUT2D eigenvalue weighted by Crippen LogP contribution is -2.49. The van der Waals surface area contributed by atoms with Gasteiger partial charge in [-0.3, -0.25) is 14.3 Å². The quantitative estimate of drug-likeness (QED) is 0.780. The minimum absolute atomic E-state index is 0.0340. The summed E-state index contributed by atoms with van der Waals surface area (Å²) in [7, 11) is 3.46. The topological polar surface area (TPSA) is 92.8 Å². The molecule has 4 heterocycles. The second kappa shape index (κ2) is 7.90. The van der Waals surface area contributed by atoms with Crippen LogP contribution in [-0.2, 0) is 27.9 Å². The number of carbonyl (C=O) groups excluding carboxylic acids is 2. The van der Waals surface area contributed by atoms with Crippen molar-refractivity contribution in [2.75, 3.05) is 31.7 Å². The fourth-order valence-corrected chi connectivity index (χ4v) is 4.46. The molecule has 2 amide bonds. The summed E-state index contributed by atoms with van der Waals surface area (Å²) in [6.07, 6.45) is 3.28. The van der Waals surface area contributed by atoms with Crippen molar-refractivity contribution in [2.24, 2.45) is 7.05 Å². The Kier molecular flexibility index (Phi) is 5.31. The summed E-state index contributed by atoms with van der Waals surface area (Å²) in [5.74, 6) is 1.24. The molecule has 0 spiro atoms. The van der Waals surface area contributed by atoms with Crippen LogP contribution < -0.4 is 10.2 Å². The summed E-state index contributed by atoms with van der Waals surface area (Å²) < 4.78 is 12.4. The number of methoxy groups -OCH3 is 1. The van der Waals surface area contributed by atoms with E-state index in [0.717, 1.165) is 36.5 Å². The van der Waals surface area contributed by atoms with Gasteiger partial charge in [0.15, 0.2) is 0 Å². The standard InChI is InChI=1S/C20H27N5O4/c1-13-16-17(18(26)21-12-14-6-5-10-29-14)25(9-11-28-3)20(27)15-7-4-8-24(15)19(16)23(2)22-13/h5-6,10,15,17H,4,7-9,11-12H2,1-3H3,(H,21,26). The van der Waals surface area contributed by atoms with E-state index in [4.69, 9.17) is 9.15 Å². The molecule has 9 heteroatoms. The predicted molar refractivity (Wildman–Crippen MR) is 105 cm³/mol. The molecular formula is C20H27N5O4. The molecule has 156 valence electrons. The van der Waals surface area contributed by atoms with Crippen LogP contribution in [0.2, 0.25) is 0 Å². The third-order valence-corrected chi connectivity index (χ3v) is 5.72. The second-order valence-corrected chi connectivity index (χ2v) is 7.52. The van der Waals surface area contributed by atoms with Crippen LogP contribution in [0.15, 0.2) is 22.8 Å². The molecule has 0 saturated carbocycles. The van der Waals surface area contributed by atoms with Crippen LogP contribution in [0, 0.1) is 6.92 Å². The third-order valence-electron chi connectivity index (χ3n) is 5.72. The molecule has 0 radical (unpaired) electrons. The maximum absolute atomic E-state index is 13.5. The highest BCUT2D eigenvalue weighted by atomic mass is 16.5. The van der Waals surface area contributed by atoms with Gasteiger partial charge in [0.25, 0.3) is 0 Å². The van der Waals surface area contributed by atoms with Gasteiger partial charge in [-0.2, -0.15) is 5.10 Å². The summed E-state index contributed by atoms with van der Waals surface area (Å²) >= 11 is 0. The first-order valence-electron chi connectivity index (χ1n) is 9.92. The average Bonchev–Trinajstić information content (AvgIpc) is 3.42. The molecule has 0 aromatic carbocycles. The molecule has 1 fully saturated rings. The molecule has 2 aliphatic rings. The highest BCUT2D eigenvalue weighted by Crippen LogP contribution is 2.40. The van der Waals surface area contributed by atoms with E-state index in [9.17, 15) is 9.59 Å². The van der Waals surface area contributed by atoms with Gasteiger partial charge in [-0.05, 0) is 31.9 Å². The minimum Gasteiger partial charge on any atom is -0.467 e. The number of ether oxygens (including phenoxy) is 1. The van der Waals surface area contributed by atoms with Crippen molar-refractivity contribution in [3.05, 3.63) is 35.4 Å². The number of aromatic nitrogens is 2. The van der Waals surface area contributed by atoms with E-state index in [2.05, 4.69) is 15.3 Å². The Hall–Kier alpha value is -2.81. The van der Waals surface area contributed by atoms with Crippen molar-refractivity contribution >= 4 is 17.6 Å². The third kappa shape index (κ3) is 3.39. The van der Waals surface area contributed by atoms with Crippen molar-refractivity contribution < 1.29 is 18.7 Å². The largest absolute Gasteiger partial charge is 0.467 e. The van der Waals surface area contributed by atoms with Crippen LogP contribution in [-0.4, -0.2) is 59.3 Å². The Morgan fingerprint density at radius 3 is 3.00 bits per heavy atom. The number of carbonyl (C=O) groups is 2. The second-order valence-electron chi connectivity index (χ2n) is 7.52. The minimum atomic E-state index is -0.762. The Labute approximate surface area is 169 Å². The van der Waals surface area contributed by atoms with Crippen molar-refractivity contribution in [3.8, 4) is 0 Å². The van der Waals surface area contributed by atoms with E-state index in [1.807, 2.05) is 14.0 Å². The van der Waals surface area contributed by atoms with E-state index in [-0.39, 0.29) is 24.4 Å². The molecule has 2 aromatic rings. The van der Waals surface area contributed by atoms with E-state index in [1.165, 1.54) is 0 Å². The number of anilines is 1. The van der Waals surface area contributed by atoms with Gasteiger partial charge in [-0.25, -0.2) is 0 Å². The van der Waals surface area contributed by atoms with Crippen LogP contribution in [0.1, 0.15) is 35.9 Å². The molecular weight excluding hydrogens is 374 g/mol. The van der Waals surface area contributed by atoms with Crippen molar-refractivity contribution in [1.82, 2.24) is 20.0 Å². The highest BCUT2D eigenvalue weighted by molar-refractivity contribution is 5.95. The number of nitrogens with one attached hydrogen (secondary N) is 1. The van der Waals surface area contributed by atoms with Crippen LogP contribution >= 0.6 is 0 Å². The summed E-state index contributed by atoms with van der Waals surface area (Å²) in [5, 5.41) is 7.51. The number of rotatable bonds is 6. The number of amides is 2. The van der Waals surface area contributed by atoms with Crippen molar-refractivity contribution in [1.29, 1.82) is 0 Å². The molecule has 1 saturated heterocycles. The van der Waals surface area contributed by atoms with Gasteiger partial charge in [0.2, 0.25) is 11.8 Å². The van der Waals surface area contributed by atoms with E-state index >= 15 is 0 Å². The first-order chi connectivity index (χ1) is 14.0. The number of hydrogen-bond acceptors (Lipinski definition) is 6. The Morgan fingerprint density at radius 1 is 1.45 bits per heavy atom. The first kappa shape index (κ1) is 19.5. The Bertz CT molecular complexity index is 891. The number of hydrogen-bond donors (Lipinski definition) is 1. The van der Waals surface area contributed by atoms with Gasteiger partial charge in [-0.1, -0.05) is 0 Å². The summed E-state index contributed by atoms with van der Waals surface area (Å²) in [6.45, 7) is 3.63. The van der Waals surface area contributed by atoms with E-state index in [0.29, 0.717) is 18.9 Å². The molecule has 1 N–H and O–H groups in total. The van der Waals surface area contributed by atoms with Gasteiger partial charge < -0.3 is 24.3 Å². The number of nitrogens with zero attached hydrogens (tertiary/aromatic N) is 4. The normalized spacial score (nSPS) is 21.1. The van der Waals surface area contributed by atoms with Gasteiger partial charge >= 0.3 is 0 Å². The lowest BCUT2D eigenvalue weighted by atomic mass is 10.0. The number of aryl methyl sites for hydroxylation is 2. The lowest BCUT2D eigenvalue weighted by Gasteiger charge is -2.31. The summed E-state index contributed by atoms with van der Waals surface area (Å²) in [5.41, 5.74) is 1.54. The average molecular weight is 401 g/mol. The van der Waals surface area contributed by atoms with Gasteiger partial charge in [0.1, 0.15) is 23.7 Å². The molecule has 2 aliphatic heterocycles. The predicted octanol–water partition coefficient (Wildman–Crippen LogP) is 1.14. The van der Waals surface area contributed by atoms with Crippen molar-refractivity contribution in [3.63, 3.8) is 0 Å². The molecule has 2 unspecified atom stereocenters. The fourth-order valence-electron chi connectivity index (χ4n) is 4.46.